The predicted octanol–water partition coefficient (Wildman–Crippen LogP) is 5.80. The number of nitrogens with one attached hydrogen (secondary N) is 1. The highest BCUT2D eigenvalue weighted by Gasteiger charge is 2.30. The van der Waals surface area contributed by atoms with Gasteiger partial charge in [0.1, 0.15) is 23.1 Å². The van der Waals surface area contributed by atoms with Gasteiger partial charge in [-0.05, 0) is 89.6 Å². The number of aromatic nitrogens is 1. The third kappa shape index (κ3) is 9.94. The maximum atomic E-state index is 14.0. The second-order valence-electron chi connectivity index (χ2n) is 11.2. The van der Waals surface area contributed by atoms with Crippen molar-refractivity contribution in [2.24, 2.45) is 5.92 Å². The number of hydrogen-bond donors (Lipinski definition) is 1. The quantitative estimate of drug-likeness (QED) is 0.292. The van der Waals surface area contributed by atoms with Crippen LogP contribution >= 0.6 is 0 Å². The topological polar surface area (TPSA) is 91.8 Å². The highest BCUT2D eigenvalue weighted by Crippen LogP contribution is 2.24. The Balaban J connectivity index is 0.000000606. The standard InChI is InChI=1S/C26H32F2N4O3.C8H10O.H2/c1-4-20(11-12-31(2)3)30-25(34)23-8-5-18(16-29-23)26(35)32-13-9-17(10-14-32)24(33)21-7-6-19(27)15-22(21)28;1-7-3-5-8(9-2)6-4-7;/h5-8,15-17,20H,4,9-14H2,1-3H3,(H,30,34);3-6H,1-2H3;1H. The van der Waals surface area contributed by atoms with E-state index in [0.717, 1.165) is 31.2 Å². The van der Waals surface area contributed by atoms with Crippen LogP contribution in [0.1, 0.15) is 70.8 Å². The lowest BCUT2D eigenvalue weighted by Crippen LogP contribution is -2.40. The van der Waals surface area contributed by atoms with Crippen molar-refractivity contribution in [3.05, 3.63) is 94.8 Å². The Morgan fingerprint density at radius 2 is 1.75 bits per heavy atom. The number of ketones is 1. The lowest BCUT2D eigenvalue weighted by atomic mass is 9.88. The van der Waals surface area contributed by atoms with E-state index in [1.165, 1.54) is 23.9 Å². The number of piperidine rings is 1. The van der Waals surface area contributed by atoms with E-state index in [0.29, 0.717) is 37.6 Å². The van der Waals surface area contributed by atoms with E-state index in [1.807, 2.05) is 45.3 Å². The number of methoxy groups -OCH3 is 1. The van der Waals surface area contributed by atoms with Crippen molar-refractivity contribution in [1.82, 2.24) is 20.1 Å². The highest BCUT2D eigenvalue weighted by atomic mass is 19.1. The van der Waals surface area contributed by atoms with Gasteiger partial charge in [0.25, 0.3) is 11.8 Å². The number of hydrogen-bond acceptors (Lipinski definition) is 6. The molecule has 8 nitrogen and oxygen atoms in total. The molecule has 2 amide bonds. The molecule has 4 rings (SSSR count). The van der Waals surface area contributed by atoms with Crippen molar-refractivity contribution in [3.63, 3.8) is 0 Å². The molecule has 1 unspecified atom stereocenters. The minimum atomic E-state index is -0.869. The first-order chi connectivity index (χ1) is 21.0. The first-order valence-electron chi connectivity index (χ1n) is 14.8. The second-order valence-corrected chi connectivity index (χ2v) is 11.2. The number of carbonyl (C=O) groups excluding carboxylic acids is 3. The number of pyridine rings is 1. The van der Waals surface area contributed by atoms with Crippen molar-refractivity contribution in [1.29, 1.82) is 0 Å². The average molecular weight is 611 g/mol. The Morgan fingerprint density at radius 1 is 1.07 bits per heavy atom. The van der Waals surface area contributed by atoms with E-state index in [-0.39, 0.29) is 36.3 Å². The zero-order chi connectivity index (χ0) is 32.2. The molecule has 1 aromatic heterocycles. The molecular weight excluding hydrogens is 566 g/mol. The molecule has 3 aromatic rings. The molecule has 0 aliphatic carbocycles. The normalized spacial score (nSPS) is 14.0. The number of nitrogens with zero attached hydrogens (tertiary/aromatic N) is 3. The Morgan fingerprint density at radius 3 is 2.30 bits per heavy atom. The van der Waals surface area contributed by atoms with Gasteiger partial charge >= 0.3 is 0 Å². The molecule has 1 aliphatic rings. The molecule has 0 radical (unpaired) electrons. The number of aryl methyl sites for hydroxylation is 1. The molecular formula is C34H44F2N4O4. The van der Waals surface area contributed by atoms with Crippen molar-refractivity contribution in [3.8, 4) is 5.75 Å². The van der Waals surface area contributed by atoms with Gasteiger partial charge in [0, 0.05) is 38.7 Å². The SMILES string of the molecule is CCC(CCN(C)C)NC(=O)c1ccc(C(=O)N2CCC(C(=O)c3ccc(F)cc3F)CC2)cn1.COc1ccc(C)cc1.[HH]. The largest absolute Gasteiger partial charge is 0.497 e. The van der Waals surface area contributed by atoms with Gasteiger partial charge in [0.05, 0.1) is 18.2 Å². The lowest BCUT2D eigenvalue weighted by Gasteiger charge is -2.31. The van der Waals surface area contributed by atoms with Gasteiger partial charge in [-0.1, -0.05) is 24.6 Å². The number of ether oxygens (including phenoxy) is 1. The molecule has 1 aliphatic heterocycles. The summed E-state index contributed by atoms with van der Waals surface area (Å²) in [7, 11) is 5.64. The Bertz CT molecular complexity index is 1400. The predicted molar refractivity (Wildman–Crippen MR) is 168 cm³/mol. The first-order valence-corrected chi connectivity index (χ1v) is 14.8. The number of carbonyl (C=O) groups is 3. The van der Waals surface area contributed by atoms with Crippen molar-refractivity contribution in [2.45, 2.75) is 45.6 Å². The number of likely N-dealkylation sites (tertiary alicyclic amines) is 1. The van der Waals surface area contributed by atoms with Crippen LogP contribution < -0.4 is 10.1 Å². The summed E-state index contributed by atoms with van der Waals surface area (Å²) in [5, 5.41) is 2.98. The third-order valence-corrected chi connectivity index (χ3v) is 7.60. The summed E-state index contributed by atoms with van der Waals surface area (Å²) in [5.41, 5.74) is 1.74. The van der Waals surface area contributed by atoms with Gasteiger partial charge in [-0.2, -0.15) is 0 Å². The van der Waals surface area contributed by atoms with E-state index >= 15 is 0 Å². The Hall–Kier alpha value is -4.18. The number of amides is 2. The molecule has 0 spiro atoms. The van der Waals surface area contributed by atoms with E-state index in [4.69, 9.17) is 4.74 Å². The van der Waals surface area contributed by atoms with Crippen LogP contribution in [0.25, 0.3) is 0 Å². The van der Waals surface area contributed by atoms with Crippen molar-refractivity contribution >= 4 is 17.6 Å². The van der Waals surface area contributed by atoms with Gasteiger partial charge in [0.2, 0.25) is 0 Å². The highest BCUT2D eigenvalue weighted by molar-refractivity contribution is 5.99. The number of Topliss-reactive ketones (excluding diaryl/α,β-unsaturated/α-hetero) is 1. The van der Waals surface area contributed by atoms with Crippen LogP contribution in [0.3, 0.4) is 0 Å². The summed E-state index contributed by atoms with van der Waals surface area (Å²) in [5.74, 6) is -1.99. The number of benzene rings is 2. The van der Waals surface area contributed by atoms with Crippen molar-refractivity contribution in [2.75, 3.05) is 40.8 Å². The lowest BCUT2D eigenvalue weighted by molar-refractivity contribution is 0.0648. The molecule has 1 N–H and O–H groups in total. The fraction of sp³-hybridized carbons (Fsp3) is 0.412. The fourth-order valence-electron chi connectivity index (χ4n) is 4.82. The first kappa shape index (κ1) is 34.3. The average Bonchev–Trinajstić information content (AvgIpc) is 3.03. The van der Waals surface area contributed by atoms with E-state index < -0.39 is 17.6 Å². The van der Waals surface area contributed by atoms with Crippen LogP contribution in [0.5, 0.6) is 5.75 Å². The Kier molecular flexibility index (Phi) is 13.0. The zero-order valence-electron chi connectivity index (χ0n) is 26.1. The van der Waals surface area contributed by atoms with Crippen LogP contribution in [0, 0.1) is 24.5 Å². The molecule has 10 heteroatoms. The van der Waals surface area contributed by atoms with Crippen LogP contribution in [0.15, 0.2) is 60.8 Å². The maximum absolute atomic E-state index is 14.0. The smallest absolute Gasteiger partial charge is 0.270 e. The Labute approximate surface area is 259 Å². The van der Waals surface area contributed by atoms with Gasteiger partial charge in [-0.25, -0.2) is 8.78 Å². The minimum Gasteiger partial charge on any atom is -0.497 e. The summed E-state index contributed by atoms with van der Waals surface area (Å²) in [6.07, 6.45) is 3.81. The summed E-state index contributed by atoms with van der Waals surface area (Å²) in [4.78, 5) is 45.9. The number of halogens is 2. The summed E-state index contributed by atoms with van der Waals surface area (Å²) in [6, 6.07) is 14.1. The molecule has 2 heterocycles. The summed E-state index contributed by atoms with van der Waals surface area (Å²) < 4.78 is 32.1. The van der Waals surface area contributed by atoms with Crippen LogP contribution in [-0.2, 0) is 0 Å². The minimum absolute atomic E-state index is 0. The fourth-order valence-corrected chi connectivity index (χ4v) is 4.82. The van der Waals surface area contributed by atoms with Gasteiger partial charge in [-0.3, -0.25) is 19.4 Å². The molecule has 0 saturated carbocycles. The number of rotatable bonds is 10. The van der Waals surface area contributed by atoms with Gasteiger partial charge in [0.15, 0.2) is 5.78 Å². The van der Waals surface area contributed by atoms with Crippen LogP contribution in [0.2, 0.25) is 0 Å². The van der Waals surface area contributed by atoms with E-state index in [2.05, 4.69) is 22.1 Å². The molecule has 1 saturated heterocycles. The van der Waals surface area contributed by atoms with Crippen LogP contribution in [-0.4, -0.2) is 79.3 Å². The third-order valence-electron chi connectivity index (χ3n) is 7.60. The molecule has 1 atom stereocenters. The zero-order valence-corrected chi connectivity index (χ0v) is 26.1. The second kappa shape index (κ2) is 16.6. The van der Waals surface area contributed by atoms with Crippen LogP contribution in [0.4, 0.5) is 8.78 Å². The summed E-state index contributed by atoms with van der Waals surface area (Å²) >= 11 is 0. The molecule has 238 valence electrons. The van der Waals surface area contributed by atoms with Crippen molar-refractivity contribution < 1.29 is 29.3 Å². The monoisotopic (exact) mass is 610 g/mol. The summed E-state index contributed by atoms with van der Waals surface area (Å²) in [6.45, 7) is 5.61. The van der Waals surface area contributed by atoms with E-state index in [1.54, 1.807) is 18.1 Å². The maximum Gasteiger partial charge on any atom is 0.270 e. The molecule has 44 heavy (non-hydrogen) atoms. The van der Waals surface area contributed by atoms with Gasteiger partial charge < -0.3 is 19.9 Å². The molecule has 2 aromatic carbocycles. The van der Waals surface area contributed by atoms with Gasteiger partial charge in [-0.15, -0.1) is 0 Å². The van der Waals surface area contributed by atoms with E-state index in [9.17, 15) is 23.2 Å². The molecule has 0 bridgehead atoms. The molecule has 1 fully saturated rings.